The number of hydrogen-bond acceptors (Lipinski definition) is 6. The summed E-state index contributed by atoms with van der Waals surface area (Å²) in [5.74, 6) is 0.442. The van der Waals surface area contributed by atoms with Crippen molar-refractivity contribution in [3.8, 4) is 0 Å². The maximum Gasteiger partial charge on any atom is 0.245 e. The summed E-state index contributed by atoms with van der Waals surface area (Å²) in [6, 6.07) is 21.1. The molecule has 0 aliphatic carbocycles. The van der Waals surface area contributed by atoms with Crippen LogP contribution >= 0.6 is 0 Å². The van der Waals surface area contributed by atoms with Gasteiger partial charge in [0.1, 0.15) is 5.41 Å². The molecular formula is C25H25N5O2. The van der Waals surface area contributed by atoms with Crippen molar-refractivity contribution < 1.29 is 9.59 Å². The molecule has 32 heavy (non-hydrogen) atoms. The van der Waals surface area contributed by atoms with Crippen LogP contribution in [-0.4, -0.2) is 64.4 Å². The molecule has 0 N–H and O–H groups in total. The van der Waals surface area contributed by atoms with Crippen LogP contribution in [0.3, 0.4) is 0 Å². The zero-order valence-electron chi connectivity index (χ0n) is 17.8. The fourth-order valence-corrected chi connectivity index (χ4v) is 4.69. The first-order valence-corrected chi connectivity index (χ1v) is 10.9. The molecule has 1 aromatic heterocycles. The molecule has 0 atom stereocenters. The summed E-state index contributed by atoms with van der Waals surface area (Å²) in [5, 5.41) is 0. The summed E-state index contributed by atoms with van der Waals surface area (Å²) < 4.78 is 0. The van der Waals surface area contributed by atoms with Crippen LogP contribution in [0.4, 0.5) is 5.95 Å². The molecule has 2 aliphatic heterocycles. The number of aromatic nitrogens is 2. The molecule has 0 spiro atoms. The molecule has 3 aromatic rings. The SMILES string of the molecule is O=C1CC(c2ccccc2)(c2ccccc2)C(=O)N1CN1CCN(c2ncccn2)CC1. The lowest BCUT2D eigenvalue weighted by Gasteiger charge is -2.36. The van der Waals surface area contributed by atoms with E-state index in [1.54, 1.807) is 18.5 Å². The predicted molar refractivity (Wildman–Crippen MR) is 121 cm³/mol. The van der Waals surface area contributed by atoms with E-state index in [0.29, 0.717) is 12.6 Å². The van der Waals surface area contributed by atoms with Gasteiger partial charge in [0.2, 0.25) is 17.8 Å². The van der Waals surface area contributed by atoms with E-state index in [9.17, 15) is 9.59 Å². The Labute approximate surface area is 187 Å². The first-order valence-electron chi connectivity index (χ1n) is 10.9. The van der Waals surface area contributed by atoms with Crippen molar-refractivity contribution in [1.29, 1.82) is 0 Å². The quantitative estimate of drug-likeness (QED) is 0.582. The molecule has 0 unspecified atom stereocenters. The Morgan fingerprint density at radius 2 is 1.31 bits per heavy atom. The number of amides is 2. The molecule has 2 fully saturated rings. The van der Waals surface area contributed by atoms with Gasteiger partial charge in [0, 0.05) is 45.0 Å². The number of rotatable bonds is 5. The van der Waals surface area contributed by atoms with Crippen LogP contribution in [0.5, 0.6) is 0 Å². The van der Waals surface area contributed by atoms with Gasteiger partial charge < -0.3 is 4.90 Å². The molecule has 0 radical (unpaired) electrons. The van der Waals surface area contributed by atoms with E-state index in [0.717, 1.165) is 37.3 Å². The summed E-state index contributed by atoms with van der Waals surface area (Å²) in [4.78, 5) is 41.4. The molecule has 7 heteroatoms. The smallest absolute Gasteiger partial charge is 0.245 e. The molecule has 5 rings (SSSR count). The minimum Gasteiger partial charge on any atom is -0.338 e. The van der Waals surface area contributed by atoms with Gasteiger partial charge in [-0.25, -0.2) is 9.97 Å². The van der Waals surface area contributed by atoms with Crippen molar-refractivity contribution in [3.63, 3.8) is 0 Å². The molecule has 162 valence electrons. The number of hydrogen-bond donors (Lipinski definition) is 0. The second kappa shape index (κ2) is 8.51. The maximum absolute atomic E-state index is 13.8. The molecule has 2 aliphatic rings. The van der Waals surface area contributed by atoms with Crippen LogP contribution in [0, 0.1) is 0 Å². The summed E-state index contributed by atoms with van der Waals surface area (Å²) in [7, 11) is 0. The Morgan fingerprint density at radius 3 is 1.88 bits per heavy atom. The van der Waals surface area contributed by atoms with Gasteiger partial charge in [-0.1, -0.05) is 60.7 Å². The van der Waals surface area contributed by atoms with Gasteiger partial charge in [-0.3, -0.25) is 19.4 Å². The number of benzene rings is 2. The van der Waals surface area contributed by atoms with Gasteiger partial charge in [0.15, 0.2) is 0 Å². The standard InChI is InChI=1S/C25H25N5O2/c31-22-18-25(20-8-3-1-4-9-20,21-10-5-2-6-11-21)23(32)30(22)19-28-14-16-29(17-15-28)24-26-12-7-13-27-24/h1-13H,14-19H2. The number of likely N-dealkylation sites (tertiary alicyclic amines) is 1. The van der Waals surface area contributed by atoms with Gasteiger partial charge >= 0.3 is 0 Å². The molecular weight excluding hydrogens is 402 g/mol. The van der Waals surface area contributed by atoms with Gasteiger partial charge in [0.25, 0.3) is 0 Å². The van der Waals surface area contributed by atoms with Gasteiger partial charge in [-0.15, -0.1) is 0 Å². The Morgan fingerprint density at radius 1 is 0.750 bits per heavy atom. The Bertz CT molecular complexity index is 1040. The lowest BCUT2D eigenvalue weighted by atomic mass is 9.73. The van der Waals surface area contributed by atoms with Crippen molar-refractivity contribution in [1.82, 2.24) is 19.8 Å². The van der Waals surface area contributed by atoms with Crippen molar-refractivity contribution in [3.05, 3.63) is 90.3 Å². The average Bonchev–Trinajstić information content (AvgIpc) is 3.12. The lowest BCUT2D eigenvalue weighted by Crippen LogP contribution is -2.52. The topological polar surface area (TPSA) is 69.6 Å². The molecule has 0 bridgehead atoms. The van der Waals surface area contributed by atoms with Gasteiger partial charge in [-0.2, -0.15) is 0 Å². The molecule has 2 saturated heterocycles. The third kappa shape index (κ3) is 3.54. The largest absolute Gasteiger partial charge is 0.338 e. The number of carbonyl (C=O) groups excluding carboxylic acids is 2. The fourth-order valence-electron chi connectivity index (χ4n) is 4.69. The number of nitrogens with zero attached hydrogens (tertiary/aromatic N) is 5. The van der Waals surface area contributed by atoms with E-state index < -0.39 is 5.41 Å². The molecule has 2 aromatic carbocycles. The highest BCUT2D eigenvalue weighted by Gasteiger charge is 2.54. The fraction of sp³-hybridized carbons (Fsp3) is 0.280. The summed E-state index contributed by atoms with van der Waals surface area (Å²) in [5.41, 5.74) is 0.746. The molecule has 3 heterocycles. The second-order valence-electron chi connectivity index (χ2n) is 8.24. The first-order chi connectivity index (χ1) is 15.7. The van der Waals surface area contributed by atoms with Gasteiger partial charge in [0.05, 0.1) is 6.67 Å². The van der Waals surface area contributed by atoms with E-state index in [2.05, 4.69) is 19.8 Å². The average molecular weight is 428 g/mol. The van der Waals surface area contributed by atoms with Crippen LogP contribution < -0.4 is 4.90 Å². The van der Waals surface area contributed by atoms with Crippen LogP contribution in [0.25, 0.3) is 0 Å². The van der Waals surface area contributed by atoms with E-state index in [1.807, 2.05) is 60.7 Å². The highest BCUT2D eigenvalue weighted by molar-refractivity contribution is 6.11. The Kier molecular flexibility index (Phi) is 5.41. The number of imide groups is 1. The summed E-state index contributed by atoms with van der Waals surface area (Å²) in [6.07, 6.45) is 3.63. The predicted octanol–water partition coefficient (Wildman–Crippen LogP) is 2.30. The maximum atomic E-state index is 13.8. The third-order valence-electron chi connectivity index (χ3n) is 6.41. The van der Waals surface area contributed by atoms with Crippen LogP contribution in [-0.2, 0) is 15.0 Å². The summed E-state index contributed by atoms with van der Waals surface area (Å²) in [6.45, 7) is 3.28. The second-order valence-corrected chi connectivity index (χ2v) is 8.24. The molecule has 0 saturated carbocycles. The zero-order chi connectivity index (χ0) is 22.0. The molecule has 2 amide bonds. The number of anilines is 1. The third-order valence-corrected chi connectivity index (χ3v) is 6.41. The van der Waals surface area contributed by atoms with E-state index in [1.165, 1.54) is 4.90 Å². The van der Waals surface area contributed by atoms with Crippen molar-refractivity contribution >= 4 is 17.8 Å². The van der Waals surface area contributed by atoms with Crippen molar-refractivity contribution in [2.45, 2.75) is 11.8 Å². The first kappa shape index (κ1) is 20.3. The lowest BCUT2D eigenvalue weighted by molar-refractivity contribution is -0.142. The van der Waals surface area contributed by atoms with Crippen LogP contribution in [0.15, 0.2) is 79.1 Å². The molecule has 7 nitrogen and oxygen atoms in total. The Hall–Kier alpha value is -3.58. The van der Waals surface area contributed by atoms with E-state index >= 15 is 0 Å². The number of carbonyl (C=O) groups is 2. The van der Waals surface area contributed by atoms with E-state index in [4.69, 9.17) is 0 Å². The zero-order valence-corrected chi connectivity index (χ0v) is 17.8. The minimum atomic E-state index is -0.973. The van der Waals surface area contributed by atoms with Crippen molar-refractivity contribution in [2.75, 3.05) is 37.7 Å². The highest BCUT2D eigenvalue weighted by atomic mass is 16.2. The normalized spacial score (nSPS) is 18.9. The van der Waals surface area contributed by atoms with Crippen molar-refractivity contribution in [2.24, 2.45) is 0 Å². The number of piperazine rings is 1. The summed E-state index contributed by atoms with van der Waals surface area (Å²) >= 11 is 0. The minimum absolute atomic E-state index is 0.128. The van der Waals surface area contributed by atoms with Crippen LogP contribution in [0.1, 0.15) is 17.5 Å². The Balaban J connectivity index is 1.36. The van der Waals surface area contributed by atoms with Crippen LogP contribution in [0.2, 0.25) is 0 Å². The monoisotopic (exact) mass is 427 g/mol. The highest BCUT2D eigenvalue weighted by Crippen LogP contribution is 2.42. The van der Waals surface area contributed by atoms with E-state index in [-0.39, 0.29) is 18.2 Å². The van der Waals surface area contributed by atoms with Gasteiger partial charge in [-0.05, 0) is 17.2 Å².